The van der Waals surface area contributed by atoms with Crippen LogP contribution in [0.5, 0.6) is 5.75 Å². The maximum atomic E-state index is 12.3. The molecule has 8 heteroatoms. The fourth-order valence-electron chi connectivity index (χ4n) is 2.18. The number of hydrazine groups is 1. The lowest BCUT2D eigenvalue weighted by Crippen LogP contribution is -2.29. The number of hydrogen-bond donors (Lipinski definition) is 2. The third kappa shape index (κ3) is 3.28. The number of nitrogens with one attached hydrogen (secondary N) is 2. The molecular weight excluding hydrogens is 366 g/mol. The van der Waals surface area contributed by atoms with Gasteiger partial charge in [0, 0.05) is 4.90 Å². The highest BCUT2D eigenvalue weighted by molar-refractivity contribution is 7.98. The third-order valence-corrected chi connectivity index (χ3v) is 5.54. The van der Waals surface area contributed by atoms with E-state index in [9.17, 15) is 4.79 Å². The largest absolute Gasteiger partial charge is 0.494 e. The van der Waals surface area contributed by atoms with Gasteiger partial charge in [-0.2, -0.15) is 0 Å². The number of anilines is 1. The number of nitrogens with zero attached hydrogens (tertiary/aromatic N) is 1. The highest BCUT2D eigenvalue weighted by Gasteiger charge is 2.14. The van der Waals surface area contributed by atoms with Crippen LogP contribution in [0.1, 0.15) is 10.4 Å². The number of methoxy groups -OCH3 is 1. The zero-order chi connectivity index (χ0) is 17.1. The summed E-state index contributed by atoms with van der Waals surface area (Å²) in [5, 5.41) is 1.13. The minimum absolute atomic E-state index is 0.225. The van der Waals surface area contributed by atoms with E-state index in [2.05, 4.69) is 15.8 Å². The van der Waals surface area contributed by atoms with Gasteiger partial charge in [0.25, 0.3) is 5.91 Å². The number of carbonyl (C=O) groups is 1. The first kappa shape index (κ1) is 16.9. The molecule has 24 heavy (non-hydrogen) atoms. The highest BCUT2D eigenvalue weighted by Crippen LogP contribution is 2.37. The molecular formula is C16H14ClN3O2S2. The zero-order valence-corrected chi connectivity index (χ0v) is 15.3. The second-order valence-corrected chi connectivity index (χ2v) is 6.98. The molecule has 1 heterocycles. The quantitative estimate of drug-likeness (QED) is 0.507. The third-order valence-electron chi connectivity index (χ3n) is 3.31. The molecule has 0 fully saturated rings. The Morgan fingerprint density at radius 3 is 2.83 bits per heavy atom. The summed E-state index contributed by atoms with van der Waals surface area (Å²) in [6, 6.07) is 10.9. The van der Waals surface area contributed by atoms with Gasteiger partial charge in [-0.3, -0.25) is 15.6 Å². The van der Waals surface area contributed by atoms with E-state index in [4.69, 9.17) is 16.3 Å². The molecule has 2 aromatic carbocycles. The van der Waals surface area contributed by atoms with Gasteiger partial charge in [-0.1, -0.05) is 35.1 Å². The van der Waals surface area contributed by atoms with Gasteiger partial charge in [0.15, 0.2) is 0 Å². The number of carbonyl (C=O) groups excluding carboxylic acids is 1. The molecule has 0 aliphatic rings. The normalized spacial score (nSPS) is 10.6. The summed E-state index contributed by atoms with van der Waals surface area (Å²) in [4.78, 5) is 17.7. The Morgan fingerprint density at radius 1 is 1.29 bits per heavy atom. The minimum Gasteiger partial charge on any atom is -0.494 e. The summed E-state index contributed by atoms with van der Waals surface area (Å²) in [6.07, 6.45) is 1.93. The van der Waals surface area contributed by atoms with Crippen LogP contribution in [0.4, 0.5) is 5.13 Å². The van der Waals surface area contributed by atoms with Crippen LogP contribution in [-0.4, -0.2) is 24.3 Å². The second-order valence-electron chi connectivity index (χ2n) is 4.73. The Kier molecular flexibility index (Phi) is 5.13. The summed E-state index contributed by atoms with van der Waals surface area (Å²) in [7, 11) is 1.58. The maximum Gasteiger partial charge on any atom is 0.270 e. The number of fused-ring (bicyclic) bond motifs is 1. The topological polar surface area (TPSA) is 63.2 Å². The van der Waals surface area contributed by atoms with Gasteiger partial charge in [-0.15, -0.1) is 11.8 Å². The summed E-state index contributed by atoms with van der Waals surface area (Å²) >= 11 is 9.06. The Labute approximate surface area is 152 Å². The molecule has 0 spiro atoms. The van der Waals surface area contributed by atoms with Crippen molar-refractivity contribution in [2.45, 2.75) is 4.90 Å². The van der Waals surface area contributed by atoms with Crippen LogP contribution in [-0.2, 0) is 0 Å². The van der Waals surface area contributed by atoms with E-state index in [1.54, 1.807) is 25.3 Å². The first-order valence-electron chi connectivity index (χ1n) is 6.96. The van der Waals surface area contributed by atoms with E-state index in [0.29, 0.717) is 27.0 Å². The molecule has 1 aromatic heterocycles. The van der Waals surface area contributed by atoms with E-state index < -0.39 is 0 Å². The Morgan fingerprint density at radius 2 is 2.08 bits per heavy atom. The number of ether oxygens (including phenoxy) is 1. The molecule has 0 atom stereocenters. The summed E-state index contributed by atoms with van der Waals surface area (Å²) in [6.45, 7) is 0. The predicted molar refractivity (Wildman–Crippen MR) is 100 cm³/mol. The van der Waals surface area contributed by atoms with Gasteiger partial charge in [0.2, 0.25) is 5.13 Å². The molecule has 0 unspecified atom stereocenters. The molecule has 3 rings (SSSR count). The maximum absolute atomic E-state index is 12.3. The number of thiazole rings is 1. The van der Waals surface area contributed by atoms with Crippen LogP contribution in [0.25, 0.3) is 10.2 Å². The van der Waals surface area contributed by atoms with Crippen molar-refractivity contribution in [3.63, 3.8) is 0 Å². The van der Waals surface area contributed by atoms with Gasteiger partial charge in [-0.05, 0) is 30.5 Å². The lowest BCUT2D eigenvalue weighted by molar-refractivity contribution is 0.0960. The standard InChI is InChI=1S/C16H14ClN3O2S2/c1-22-11-8-7-10(17)14-13(11)18-16(24-14)20-19-15(21)9-5-3-4-6-12(9)23-2/h3-8H,1-2H3,(H,18,20)(H,19,21). The van der Waals surface area contributed by atoms with Crippen LogP contribution >= 0.6 is 34.7 Å². The smallest absolute Gasteiger partial charge is 0.270 e. The van der Waals surface area contributed by atoms with Gasteiger partial charge in [0.05, 0.1) is 22.4 Å². The zero-order valence-electron chi connectivity index (χ0n) is 12.9. The number of benzene rings is 2. The van der Waals surface area contributed by atoms with Crippen LogP contribution < -0.4 is 15.6 Å². The second kappa shape index (κ2) is 7.29. The molecule has 5 nitrogen and oxygen atoms in total. The number of hydrogen-bond acceptors (Lipinski definition) is 6. The van der Waals surface area contributed by atoms with Crippen molar-refractivity contribution in [2.24, 2.45) is 0 Å². The number of thioether (sulfide) groups is 1. The molecule has 0 saturated heterocycles. The highest BCUT2D eigenvalue weighted by atomic mass is 35.5. The fourth-order valence-corrected chi connectivity index (χ4v) is 3.88. The van der Waals surface area contributed by atoms with Crippen LogP contribution in [0, 0.1) is 0 Å². The van der Waals surface area contributed by atoms with Crippen molar-refractivity contribution in [3.8, 4) is 5.75 Å². The number of rotatable bonds is 5. The average Bonchev–Trinajstić information content (AvgIpc) is 3.05. The van der Waals surface area contributed by atoms with Crippen molar-refractivity contribution < 1.29 is 9.53 Å². The molecule has 0 saturated carbocycles. The van der Waals surface area contributed by atoms with Gasteiger partial charge in [-0.25, -0.2) is 4.98 Å². The van der Waals surface area contributed by atoms with Gasteiger partial charge in [0.1, 0.15) is 11.3 Å². The van der Waals surface area contributed by atoms with Crippen molar-refractivity contribution in [1.82, 2.24) is 10.4 Å². The lowest BCUT2D eigenvalue weighted by Gasteiger charge is -2.08. The van der Waals surface area contributed by atoms with Crippen LogP contribution in [0.2, 0.25) is 5.02 Å². The van der Waals surface area contributed by atoms with Crippen LogP contribution in [0.3, 0.4) is 0 Å². The van der Waals surface area contributed by atoms with Gasteiger partial charge >= 0.3 is 0 Å². The predicted octanol–water partition coefficient (Wildman–Crippen LogP) is 4.44. The molecule has 2 N–H and O–H groups in total. The van der Waals surface area contributed by atoms with Crippen molar-refractivity contribution >= 4 is 56.0 Å². The Balaban J connectivity index is 1.81. The van der Waals surface area contributed by atoms with Crippen molar-refractivity contribution in [3.05, 3.63) is 47.0 Å². The summed E-state index contributed by atoms with van der Waals surface area (Å²) in [5.74, 6) is 0.412. The Bertz CT molecular complexity index is 898. The Hall–Kier alpha value is -1.96. The fraction of sp³-hybridized carbons (Fsp3) is 0.125. The van der Waals surface area contributed by atoms with Crippen LogP contribution in [0.15, 0.2) is 41.3 Å². The summed E-state index contributed by atoms with van der Waals surface area (Å²) in [5.41, 5.74) is 6.79. The molecule has 0 bridgehead atoms. The van der Waals surface area contributed by atoms with E-state index >= 15 is 0 Å². The lowest BCUT2D eigenvalue weighted by atomic mass is 10.2. The van der Waals surface area contributed by atoms with Crippen molar-refractivity contribution in [2.75, 3.05) is 18.8 Å². The number of aromatic nitrogens is 1. The molecule has 3 aromatic rings. The molecule has 0 aliphatic heterocycles. The monoisotopic (exact) mass is 379 g/mol. The first-order chi connectivity index (χ1) is 11.6. The van der Waals surface area contributed by atoms with E-state index in [1.165, 1.54) is 23.1 Å². The van der Waals surface area contributed by atoms with E-state index in [0.717, 1.165) is 9.60 Å². The summed E-state index contributed by atoms with van der Waals surface area (Å²) < 4.78 is 6.09. The first-order valence-corrected chi connectivity index (χ1v) is 9.38. The average molecular weight is 380 g/mol. The van der Waals surface area contributed by atoms with Crippen molar-refractivity contribution in [1.29, 1.82) is 0 Å². The van der Waals surface area contributed by atoms with E-state index in [1.807, 2.05) is 24.5 Å². The molecule has 0 radical (unpaired) electrons. The number of halogens is 1. The number of amides is 1. The molecule has 1 amide bonds. The molecule has 0 aliphatic carbocycles. The van der Waals surface area contributed by atoms with E-state index in [-0.39, 0.29) is 5.91 Å². The van der Waals surface area contributed by atoms with Gasteiger partial charge < -0.3 is 4.74 Å². The minimum atomic E-state index is -0.225. The molecule has 124 valence electrons. The SMILES string of the molecule is COc1ccc(Cl)c2sc(NNC(=O)c3ccccc3SC)nc12.